The molecule has 242 valence electrons. The van der Waals surface area contributed by atoms with Crippen LogP contribution in [-0.2, 0) is 17.3 Å². The molecule has 4 aromatic carbocycles. The first-order chi connectivity index (χ1) is 22.0. The zero-order valence-electron chi connectivity index (χ0n) is 25.0. The van der Waals surface area contributed by atoms with Crippen molar-refractivity contribution in [2.45, 2.75) is 70.0 Å². The summed E-state index contributed by atoms with van der Waals surface area (Å²) in [5.41, 5.74) is -0.195. The molecule has 1 aliphatic rings. The van der Waals surface area contributed by atoms with Gasteiger partial charge in [-0.25, -0.2) is 26.3 Å². The van der Waals surface area contributed by atoms with Crippen LogP contribution in [0.25, 0.3) is 22.3 Å². The Morgan fingerprint density at radius 3 is 1.91 bits per heavy atom. The number of ether oxygens (including phenoxy) is 1. The van der Waals surface area contributed by atoms with Crippen LogP contribution in [0.2, 0.25) is 0 Å². The molecule has 0 saturated heterocycles. The molecular weight excluding hydrogens is 612 g/mol. The van der Waals surface area contributed by atoms with E-state index in [2.05, 4.69) is 0 Å². The fourth-order valence-electron chi connectivity index (χ4n) is 5.96. The molecule has 0 spiro atoms. The summed E-state index contributed by atoms with van der Waals surface area (Å²) < 4.78 is 119. The van der Waals surface area contributed by atoms with Crippen molar-refractivity contribution in [2.75, 3.05) is 0 Å². The van der Waals surface area contributed by atoms with Gasteiger partial charge in [-0.2, -0.15) is 8.78 Å². The summed E-state index contributed by atoms with van der Waals surface area (Å²) in [7, 11) is 0. The lowest BCUT2D eigenvalue weighted by molar-refractivity contribution is -0.277. The Labute approximate surface area is 262 Å². The van der Waals surface area contributed by atoms with E-state index < -0.39 is 47.5 Å². The van der Waals surface area contributed by atoms with E-state index in [9.17, 15) is 26.3 Å². The summed E-state index contributed by atoms with van der Waals surface area (Å²) in [6.45, 7) is 1.93. The highest BCUT2D eigenvalue weighted by Crippen LogP contribution is 2.40. The first kappa shape index (κ1) is 33.4. The van der Waals surface area contributed by atoms with E-state index in [4.69, 9.17) is 4.74 Å². The van der Waals surface area contributed by atoms with Crippen molar-refractivity contribution in [1.29, 1.82) is 0 Å². The Balaban J connectivity index is 1.22. The van der Waals surface area contributed by atoms with Crippen LogP contribution >= 0.6 is 0 Å². The molecule has 9 heteroatoms. The van der Waals surface area contributed by atoms with E-state index in [1.807, 2.05) is 19.1 Å². The van der Waals surface area contributed by atoms with E-state index in [0.29, 0.717) is 43.4 Å². The van der Waals surface area contributed by atoms with E-state index in [0.717, 1.165) is 24.5 Å². The molecule has 0 aromatic heterocycles. The largest absolute Gasteiger partial charge is 0.383 e. The standard InChI is InChI=1S/C37H32F8O/c1-2-3-4-5-22-6-12-27(13-7-22)37(44,45)46-28-14-8-23(9-15-28)24-10-16-29(31(38)18-24)25-11-17-30(32(39)19-25)26-20-33(40)35(36(42)43)34(41)21-26/h2-3,6-7,10-13,16-21,23,28,36H,4-5,8-9,14-15H2,1H3/b3-2+. The maximum absolute atomic E-state index is 15.3. The van der Waals surface area contributed by atoms with Gasteiger partial charge in [0.25, 0.3) is 6.43 Å². The van der Waals surface area contributed by atoms with Gasteiger partial charge in [0.1, 0.15) is 23.3 Å². The Morgan fingerprint density at radius 2 is 1.33 bits per heavy atom. The normalized spacial score (nSPS) is 17.3. The molecule has 0 aliphatic heterocycles. The van der Waals surface area contributed by atoms with Crippen molar-refractivity contribution in [3.8, 4) is 22.3 Å². The molecular formula is C37H32F8O. The second-order valence-corrected chi connectivity index (χ2v) is 11.5. The number of hydrogen-bond donors (Lipinski definition) is 0. The summed E-state index contributed by atoms with van der Waals surface area (Å²) >= 11 is 0. The predicted octanol–water partition coefficient (Wildman–Crippen LogP) is 11.8. The van der Waals surface area contributed by atoms with Gasteiger partial charge < -0.3 is 4.74 Å². The highest BCUT2D eigenvalue weighted by Gasteiger charge is 2.37. The number of allylic oxidation sites excluding steroid dienone is 2. The summed E-state index contributed by atoms with van der Waals surface area (Å²) in [6, 6.07) is 15.5. The van der Waals surface area contributed by atoms with Crippen LogP contribution in [0, 0.1) is 23.3 Å². The van der Waals surface area contributed by atoms with Gasteiger partial charge in [-0.3, -0.25) is 0 Å². The van der Waals surface area contributed by atoms with Crippen LogP contribution in [0.5, 0.6) is 0 Å². The SMILES string of the molecule is C/C=C/CCc1ccc(C(F)(F)OC2CCC(c3ccc(-c4ccc(-c5cc(F)c(C(F)F)c(F)c5)c(F)c4)c(F)c3)CC2)cc1. The molecule has 1 nitrogen and oxygen atoms in total. The second kappa shape index (κ2) is 14.2. The van der Waals surface area contributed by atoms with E-state index in [1.165, 1.54) is 36.4 Å². The van der Waals surface area contributed by atoms with Crippen molar-refractivity contribution in [2.24, 2.45) is 0 Å². The molecule has 0 amide bonds. The van der Waals surface area contributed by atoms with Crippen molar-refractivity contribution in [3.05, 3.63) is 130 Å². The zero-order valence-corrected chi connectivity index (χ0v) is 25.0. The van der Waals surface area contributed by atoms with Gasteiger partial charge in [0, 0.05) is 11.1 Å². The third-order valence-electron chi connectivity index (χ3n) is 8.47. The summed E-state index contributed by atoms with van der Waals surface area (Å²) in [5.74, 6) is -4.61. The molecule has 1 fully saturated rings. The molecule has 1 saturated carbocycles. The van der Waals surface area contributed by atoms with Crippen LogP contribution in [0.1, 0.15) is 73.6 Å². The molecule has 0 heterocycles. The quantitative estimate of drug-likeness (QED) is 0.123. The number of aryl methyl sites for hydroxylation is 1. The second-order valence-electron chi connectivity index (χ2n) is 11.5. The minimum absolute atomic E-state index is 0.0754. The van der Waals surface area contributed by atoms with Crippen molar-refractivity contribution < 1.29 is 39.9 Å². The minimum atomic E-state index is -3.43. The van der Waals surface area contributed by atoms with Gasteiger partial charge in [-0.15, -0.1) is 0 Å². The van der Waals surface area contributed by atoms with Crippen molar-refractivity contribution in [1.82, 2.24) is 0 Å². The Bertz CT molecular complexity index is 1670. The van der Waals surface area contributed by atoms with Gasteiger partial charge in [0.15, 0.2) is 0 Å². The lowest BCUT2D eigenvalue weighted by Gasteiger charge is -2.31. The highest BCUT2D eigenvalue weighted by molar-refractivity contribution is 5.72. The molecule has 1 aliphatic carbocycles. The lowest BCUT2D eigenvalue weighted by Crippen LogP contribution is -2.29. The molecule has 0 unspecified atom stereocenters. The summed E-state index contributed by atoms with van der Waals surface area (Å²) in [6.07, 6.45) is -0.113. The molecule has 0 atom stereocenters. The van der Waals surface area contributed by atoms with Gasteiger partial charge in [0.05, 0.1) is 17.2 Å². The minimum Gasteiger partial charge on any atom is -0.313 e. The maximum atomic E-state index is 15.3. The fourth-order valence-corrected chi connectivity index (χ4v) is 5.96. The third kappa shape index (κ3) is 7.52. The molecule has 0 N–H and O–H groups in total. The molecule has 46 heavy (non-hydrogen) atoms. The van der Waals surface area contributed by atoms with Crippen molar-refractivity contribution >= 4 is 0 Å². The van der Waals surface area contributed by atoms with Crippen molar-refractivity contribution in [3.63, 3.8) is 0 Å². The lowest BCUT2D eigenvalue weighted by atomic mass is 9.82. The Kier molecular flexibility index (Phi) is 10.3. The highest BCUT2D eigenvalue weighted by atomic mass is 19.3. The molecule has 5 rings (SSSR count). The fraction of sp³-hybridized carbons (Fsp3) is 0.297. The average molecular weight is 645 g/mol. The number of halogens is 8. The Morgan fingerprint density at radius 1 is 0.739 bits per heavy atom. The maximum Gasteiger partial charge on any atom is 0.383 e. The molecule has 0 bridgehead atoms. The zero-order chi connectivity index (χ0) is 33.0. The topological polar surface area (TPSA) is 9.23 Å². The molecule has 4 aromatic rings. The van der Waals surface area contributed by atoms with Gasteiger partial charge in [0.2, 0.25) is 0 Å². The van der Waals surface area contributed by atoms with Crippen LogP contribution in [0.3, 0.4) is 0 Å². The smallest absolute Gasteiger partial charge is 0.313 e. The van der Waals surface area contributed by atoms with E-state index >= 15 is 8.78 Å². The van der Waals surface area contributed by atoms with Gasteiger partial charge in [-0.05, 0) is 97.9 Å². The Hall–Kier alpha value is -3.98. The van der Waals surface area contributed by atoms with Gasteiger partial charge >= 0.3 is 6.11 Å². The number of benzene rings is 4. The van der Waals surface area contributed by atoms with Crippen LogP contribution in [0.4, 0.5) is 35.1 Å². The molecule has 0 radical (unpaired) electrons. The average Bonchev–Trinajstić information content (AvgIpc) is 3.01. The van der Waals surface area contributed by atoms with E-state index in [-0.39, 0.29) is 33.7 Å². The van der Waals surface area contributed by atoms with Gasteiger partial charge in [-0.1, -0.05) is 60.7 Å². The summed E-state index contributed by atoms with van der Waals surface area (Å²) in [4.78, 5) is 0. The monoisotopic (exact) mass is 644 g/mol. The number of alkyl halides is 4. The van der Waals surface area contributed by atoms with Crippen LogP contribution < -0.4 is 0 Å². The first-order valence-corrected chi connectivity index (χ1v) is 15.1. The van der Waals surface area contributed by atoms with E-state index in [1.54, 1.807) is 18.2 Å². The van der Waals surface area contributed by atoms with Crippen LogP contribution in [0.15, 0.2) is 84.9 Å². The number of rotatable bonds is 10. The first-order valence-electron chi connectivity index (χ1n) is 15.1. The predicted molar refractivity (Wildman–Crippen MR) is 162 cm³/mol. The third-order valence-corrected chi connectivity index (χ3v) is 8.47. The van der Waals surface area contributed by atoms with Crippen LogP contribution in [-0.4, -0.2) is 6.10 Å². The number of hydrogen-bond acceptors (Lipinski definition) is 1. The summed E-state index contributed by atoms with van der Waals surface area (Å²) in [5, 5.41) is 0.